The van der Waals surface area contributed by atoms with Gasteiger partial charge in [-0.25, -0.2) is 9.78 Å². The van der Waals surface area contributed by atoms with E-state index in [1.54, 1.807) is 11.8 Å². The Kier molecular flexibility index (Phi) is 5.73. The number of carbonyl (C=O) groups excluding carboxylic acids is 1. The Balaban J connectivity index is 2.13. The van der Waals surface area contributed by atoms with Crippen molar-refractivity contribution in [3.8, 4) is 0 Å². The molecule has 1 aromatic rings. The summed E-state index contributed by atoms with van der Waals surface area (Å²) < 4.78 is 5.55. The van der Waals surface area contributed by atoms with Crippen LogP contribution >= 0.6 is 11.8 Å². The predicted octanol–water partition coefficient (Wildman–Crippen LogP) is 4.66. The van der Waals surface area contributed by atoms with E-state index in [-0.39, 0.29) is 12.1 Å². The minimum absolute atomic E-state index is 0.0803. The quantitative estimate of drug-likeness (QED) is 0.759. The molecule has 0 N–H and O–H groups in total. The third-order valence-corrected chi connectivity index (χ3v) is 4.39. The summed E-state index contributed by atoms with van der Waals surface area (Å²) in [6.07, 6.45) is 4.83. The zero-order valence-electron chi connectivity index (χ0n) is 14.0. The van der Waals surface area contributed by atoms with Crippen LogP contribution in [-0.2, 0) is 4.74 Å². The molecular weight excluding hydrogens is 296 g/mol. The third-order valence-electron chi connectivity index (χ3n) is 3.57. The molecule has 1 unspecified atom stereocenters. The van der Waals surface area contributed by atoms with Crippen molar-refractivity contribution >= 4 is 17.9 Å². The molecule has 0 bridgehead atoms. The highest BCUT2D eigenvalue weighted by Crippen LogP contribution is 2.32. The average molecular weight is 322 g/mol. The van der Waals surface area contributed by atoms with Gasteiger partial charge >= 0.3 is 6.09 Å². The van der Waals surface area contributed by atoms with E-state index in [9.17, 15) is 4.79 Å². The van der Waals surface area contributed by atoms with Crippen LogP contribution in [0.2, 0.25) is 0 Å². The summed E-state index contributed by atoms with van der Waals surface area (Å²) >= 11 is 1.73. The number of carbonyl (C=O) groups is 1. The number of rotatable bonds is 3. The Labute approximate surface area is 137 Å². The van der Waals surface area contributed by atoms with Crippen LogP contribution in [0.3, 0.4) is 0 Å². The van der Waals surface area contributed by atoms with Crippen LogP contribution in [0, 0.1) is 0 Å². The standard InChI is InChI=1S/C17H26N2O2S/c1-5-22-15-10-9-13(12-18-15)14-8-6-7-11-19(14)16(20)21-17(2,3)4/h9-10,12,14H,5-8,11H2,1-4H3. The molecule has 1 fully saturated rings. The van der Waals surface area contributed by atoms with Crippen LogP contribution < -0.4 is 0 Å². The normalized spacial score (nSPS) is 19.1. The molecule has 1 saturated heterocycles. The van der Waals surface area contributed by atoms with Gasteiger partial charge < -0.3 is 9.64 Å². The van der Waals surface area contributed by atoms with Gasteiger partial charge in [-0.2, -0.15) is 0 Å². The Bertz CT molecular complexity index is 496. The number of aromatic nitrogens is 1. The van der Waals surface area contributed by atoms with Crippen molar-refractivity contribution in [3.63, 3.8) is 0 Å². The number of likely N-dealkylation sites (tertiary alicyclic amines) is 1. The lowest BCUT2D eigenvalue weighted by Gasteiger charge is -2.36. The number of nitrogens with zero attached hydrogens (tertiary/aromatic N) is 2. The van der Waals surface area contributed by atoms with Gasteiger partial charge in [-0.15, -0.1) is 11.8 Å². The fourth-order valence-electron chi connectivity index (χ4n) is 2.64. The number of amides is 1. The zero-order chi connectivity index (χ0) is 16.2. The van der Waals surface area contributed by atoms with Crippen LogP contribution in [0.25, 0.3) is 0 Å². The summed E-state index contributed by atoms with van der Waals surface area (Å²) in [6, 6.07) is 4.22. The van der Waals surface area contributed by atoms with E-state index in [1.165, 1.54) is 0 Å². The summed E-state index contributed by atoms with van der Waals surface area (Å²) in [4.78, 5) is 18.8. The van der Waals surface area contributed by atoms with Crippen molar-refractivity contribution in [1.82, 2.24) is 9.88 Å². The molecule has 1 aliphatic heterocycles. The smallest absolute Gasteiger partial charge is 0.410 e. The highest BCUT2D eigenvalue weighted by atomic mass is 32.2. The fraction of sp³-hybridized carbons (Fsp3) is 0.647. The van der Waals surface area contributed by atoms with E-state index in [0.29, 0.717) is 0 Å². The van der Waals surface area contributed by atoms with Crippen LogP contribution in [-0.4, -0.2) is 33.9 Å². The molecule has 122 valence electrons. The lowest BCUT2D eigenvalue weighted by Crippen LogP contribution is -2.41. The summed E-state index contributed by atoms with van der Waals surface area (Å²) in [6.45, 7) is 8.59. The summed E-state index contributed by atoms with van der Waals surface area (Å²) in [7, 11) is 0. The molecule has 0 saturated carbocycles. The topological polar surface area (TPSA) is 42.4 Å². The van der Waals surface area contributed by atoms with Crippen LogP contribution in [0.15, 0.2) is 23.4 Å². The summed E-state index contributed by atoms with van der Waals surface area (Å²) in [5, 5.41) is 1.03. The van der Waals surface area contributed by atoms with Gasteiger partial charge in [0.25, 0.3) is 0 Å². The van der Waals surface area contributed by atoms with Gasteiger partial charge in [0, 0.05) is 12.7 Å². The highest BCUT2D eigenvalue weighted by molar-refractivity contribution is 7.99. The van der Waals surface area contributed by atoms with Gasteiger partial charge in [0.2, 0.25) is 0 Å². The van der Waals surface area contributed by atoms with Gasteiger partial charge in [0.05, 0.1) is 11.1 Å². The Morgan fingerprint density at radius 2 is 2.18 bits per heavy atom. The van der Waals surface area contributed by atoms with Gasteiger partial charge in [0.1, 0.15) is 5.60 Å². The lowest BCUT2D eigenvalue weighted by molar-refractivity contribution is 0.00947. The first-order chi connectivity index (χ1) is 10.4. The van der Waals surface area contributed by atoms with E-state index in [1.807, 2.05) is 37.9 Å². The van der Waals surface area contributed by atoms with Crippen molar-refractivity contribution in [2.75, 3.05) is 12.3 Å². The minimum atomic E-state index is -0.459. The fourth-order valence-corrected chi connectivity index (χ4v) is 3.23. The van der Waals surface area contributed by atoms with Crippen molar-refractivity contribution in [2.24, 2.45) is 0 Å². The molecule has 1 aromatic heterocycles. The van der Waals surface area contributed by atoms with Crippen molar-refractivity contribution < 1.29 is 9.53 Å². The van der Waals surface area contributed by atoms with Crippen molar-refractivity contribution in [2.45, 2.75) is 63.6 Å². The number of piperidine rings is 1. The first kappa shape index (κ1) is 17.1. The van der Waals surface area contributed by atoms with Crippen molar-refractivity contribution in [3.05, 3.63) is 23.9 Å². The maximum atomic E-state index is 12.4. The second-order valence-corrected chi connectivity index (χ2v) is 7.83. The number of hydrogen-bond acceptors (Lipinski definition) is 4. The second-order valence-electron chi connectivity index (χ2n) is 6.55. The minimum Gasteiger partial charge on any atom is -0.444 e. The molecule has 0 spiro atoms. The molecule has 0 aromatic carbocycles. The monoisotopic (exact) mass is 322 g/mol. The third kappa shape index (κ3) is 4.63. The average Bonchev–Trinajstić information content (AvgIpc) is 2.47. The van der Waals surface area contributed by atoms with E-state index in [2.05, 4.69) is 18.0 Å². The molecule has 0 aliphatic carbocycles. The lowest BCUT2D eigenvalue weighted by atomic mass is 9.97. The van der Waals surface area contributed by atoms with E-state index in [0.717, 1.165) is 42.1 Å². The van der Waals surface area contributed by atoms with Gasteiger partial charge in [-0.05, 0) is 57.4 Å². The molecular formula is C17H26N2O2S. The Hall–Kier alpha value is -1.23. The largest absolute Gasteiger partial charge is 0.444 e. The number of hydrogen-bond donors (Lipinski definition) is 0. The Morgan fingerprint density at radius 1 is 1.41 bits per heavy atom. The van der Waals surface area contributed by atoms with E-state index < -0.39 is 5.60 Å². The van der Waals surface area contributed by atoms with Gasteiger partial charge in [-0.3, -0.25) is 0 Å². The highest BCUT2D eigenvalue weighted by Gasteiger charge is 2.31. The van der Waals surface area contributed by atoms with E-state index >= 15 is 0 Å². The molecule has 1 atom stereocenters. The SMILES string of the molecule is CCSc1ccc(C2CCCCN2C(=O)OC(C)(C)C)cn1. The summed E-state index contributed by atoms with van der Waals surface area (Å²) in [5.74, 6) is 1.01. The maximum absolute atomic E-state index is 12.4. The molecule has 2 rings (SSSR count). The van der Waals surface area contributed by atoms with Gasteiger partial charge in [-0.1, -0.05) is 13.0 Å². The Morgan fingerprint density at radius 3 is 2.77 bits per heavy atom. The molecule has 1 amide bonds. The van der Waals surface area contributed by atoms with Crippen LogP contribution in [0.5, 0.6) is 0 Å². The molecule has 2 heterocycles. The molecule has 1 aliphatic rings. The first-order valence-corrected chi connectivity index (χ1v) is 8.97. The van der Waals surface area contributed by atoms with Crippen molar-refractivity contribution in [1.29, 1.82) is 0 Å². The van der Waals surface area contributed by atoms with Crippen LogP contribution in [0.1, 0.15) is 58.6 Å². The molecule has 5 heteroatoms. The number of pyridine rings is 1. The van der Waals surface area contributed by atoms with Gasteiger partial charge in [0.15, 0.2) is 0 Å². The van der Waals surface area contributed by atoms with Crippen LogP contribution in [0.4, 0.5) is 4.79 Å². The number of ether oxygens (including phenoxy) is 1. The maximum Gasteiger partial charge on any atom is 0.410 e. The number of thioether (sulfide) groups is 1. The summed E-state index contributed by atoms with van der Waals surface area (Å²) in [5.41, 5.74) is 0.643. The molecule has 0 radical (unpaired) electrons. The molecule has 4 nitrogen and oxygen atoms in total. The predicted molar refractivity (Wildman–Crippen MR) is 90.2 cm³/mol. The first-order valence-electron chi connectivity index (χ1n) is 7.99. The molecule has 22 heavy (non-hydrogen) atoms. The zero-order valence-corrected chi connectivity index (χ0v) is 14.8. The van der Waals surface area contributed by atoms with E-state index in [4.69, 9.17) is 4.74 Å². The second kappa shape index (κ2) is 7.36.